The fourth-order valence-electron chi connectivity index (χ4n) is 3.29. The number of hydrogen-bond donors (Lipinski definition) is 2. The van der Waals surface area contributed by atoms with Crippen molar-refractivity contribution < 1.29 is 14.3 Å². The molecule has 1 heterocycles. The Morgan fingerprint density at radius 1 is 1.13 bits per heavy atom. The molecule has 0 radical (unpaired) electrons. The Balaban J connectivity index is 1.71. The second-order valence-electron chi connectivity index (χ2n) is 7.54. The van der Waals surface area contributed by atoms with Crippen LogP contribution >= 0.6 is 0 Å². The van der Waals surface area contributed by atoms with Gasteiger partial charge in [0.2, 0.25) is 5.96 Å². The summed E-state index contributed by atoms with van der Waals surface area (Å²) in [4.78, 5) is 19.8. The van der Waals surface area contributed by atoms with Crippen LogP contribution in [0.3, 0.4) is 0 Å². The number of hydrogen-bond acceptors (Lipinski definition) is 5. The Kier molecular flexibility index (Phi) is 8.44. The third-order valence-electron chi connectivity index (χ3n) is 5.10. The lowest BCUT2D eigenvalue weighted by molar-refractivity contribution is 0.0394. The molecule has 2 N–H and O–H groups in total. The van der Waals surface area contributed by atoms with Crippen molar-refractivity contribution in [3.8, 4) is 5.75 Å². The molecule has 7 nitrogen and oxygen atoms in total. The van der Waals surface area contributed by atoms with E-state index >= 15 is 0 Å². The number of amides is 1. The predicted octanol–water partition coefficient (Wildman–Crippen LogP) is 3.23. The molecule has 166 valence electrons. The molecule has 1 saturated heterocycles. The number of benzene rings is 2. The van der Waals surface area contributed by atoms with E-state index in [1.54, 1.807) is 24.3 Å². The monoisotopic (exact) mass is 424 g/mol. The highest BCUT2D eigenvalue weighted by Gasteiger charge is 2.13. The van der Waals surface area contributed by atoms with E-state index in [2.05, 4.69) is 38.7 Å². The second-order valence-corrected chi connectivity index (χ2v) is 7.54. The van der Waals surface area contributed by atoms with Gasteiger partial charge in [0.15, 0.2) is 0 Å². The normalized spacial score (nSPS) is 14.9. The molecule has 0 aromatic heterocycles. The van der Waals surface area contributed by atoms with Crippen molar-refractivity contribution in [2.45, 2.75) is 20.8 Å². The SMILES string of the molecule is CCOc1ccc(C(=O)NC(=NCCN2CCOCC2)Nc2cc(C)ccc2C)cc1. The van der Waals surface area contributed by atoms with Gasteiger partial charge in [0, 0.05) is 30.9 Å². The van der Waals surface area contributed by atoms with Gasteiger partial charge in [0.05, 0.1) is 26.4 Å². The first kappa shape index (κ1) is 22.8. The topological polar surface area (TPSA) is 75.2 Å². The molecule has 0 spiro atoms. The van der Waals surface area contributed by atoms with Crippen LogP contribution in [0.4, 0.5) is 5.69 Å². The van der Waals surface area contributed by atoms with E-state index in [1.807, 2.05) is 20.8 Å². The summed E-state index contributed by atoms with van der Waals surface area (Å²) in [6.45, 7) is 11.3. The molecule has 1 amide bonds. The number of guanidine groups is 1. The van der Waals surface area contributed by atoms with Gasteiger partial charge in [-0.05, 0) is 62.2 Å². The summed E-state index contributed by atoms with van der Waals surface area (Å²) in [7, 11) is 0. The summed E-state index contributed by atoms with van der Waals surface area (Å²) < 4.78 is 10.9. The average molecular weight is 425 g/mol. The molecule has 1 fully saturated rings. The van der Waals surface area contributed by atoms with Gasteiger partial charge in [-0.2, -0.15) is 0 Å². The average Bonchev–Trinajstić information content (AvgIpc) is 2.77. The van der Waals surface area contributed by atoms with E-state index in [9.17, 15) is 4.79 Å². The van der Waals surface area contributed by atoms with E-state index in [-0.39, 0.29) is 5.91 Å². The summed E-state index contributed by atoms with van der Waals surface area (Å²) >= 11 is 0. The number of carbonyl (C=O) groups excluding carboxylic acids is 1. The van der Waals surface area contributed by atoms with Crippen LogP contribution in [0.15, 0.2) is 47.5 Å². The zero-order valence-electron chi connectivity index (χ0n) is 18.6. The standard InChI is InChI=1S/C24H32N4O3/c1-4-31-21-9-7-20(8-10-21)23(29)27-24(25-11-12-28-13-15-30-16-14-28)26-22-17-18(2)5-6-19(22)3/h5-10,17H,4,11-16H2,1-3H3,(H2,25,26,27,29). The van der Waals surface area contributed by atoms with Gasteiger partial charge in [0.1, 0.15) is 5.75 Å². The van der Waals surface area contributed by atoms with Crippen LogP contribution < -0.4 is 15.4 Å². The first-order chi connectivity index (χ1) is 15.0. The molecule has 2 aromatic rings. The van der Waals surface area contributed by atoms with Crippen LogP contribution in [-0.4, -0.2) is 62.8 Å². The van der Waals surface area contributed by atoms with Crippen LogP contribution in [-0.2, 0) is 4.74 Å². The van der Waals surface area contributed by atoms with E-state index in [1.165, 1.54) is 0 Å². The lowest BCUT2D eigenvalue weighted by Crippen LogP contribution is -2.39. The first-order valence-electron chi connectivity index (χ1n) is 10.8. The zero-order chi connectivity index (χ0) is 22.1. The predicted molar refractivity (Wildman–Crippen MR) is 124 cm³/mol. The number of aliphatic imine (C=N–C) groups is 1. The van der Waals surface area contributed by atoms with Crippen LogP contribution in [0.1, 0.15) is 28.4 Å². The highest BCUT2D eigenvalue weighted by Crippen LogP contribution is 2.16. The molecule has 0 aliphatic carbocycles. The maximum absolute atomic E-state index is 12.8. The molecule has 0 bridgehead atoms. The molecule has 0 unspecified atom stereocenters. The third kappa shape index (κ3) is 7.08. The van der Waals surface area contributed by atoms with E-state index in [4.69, 9.17) is 9.47 Å². The molecule has 7 heteroatoms. The molecule has 0 saturated carbocycles. The van der Waals surface area contributed by atoms with Gasteiger partial charge < -0.3 is 14.8 Å². The molecule has 2 aromatic carbocycles. The zero-order valence-corrected chi connectivity index (χ0v) is 18.6. The fraction of sp³-hybridized carbons (Fsp3) is 0.417. The van der Waals surface area contributed by atoms with Crippen molar-refractivity contribution in [3.63, 3.8) is 0 Å². The summed E-state index contributed by atoms with van der Waals surface area (Å²) in [5, 5.41) is 6.24. The Hall–Kier alpha value is -2.90. The number of nitrogens with one attached hydrogen (secondary N) is 2. The number of aryl methyl sites for hydroxylation is 2. The van der Waals surface area contributed by atoms with Gasteiger partial charge in [-0.3, -0.25) is 20.0 Å². The lowest BCUT2D eigenvalue weighted by atomic mass is 10.1. The Morgan fingerprint density at radius 2 is 1.87 bits per heavy atom. The van der Waals surface area contributed by atoms with Gasteiger partial charge in [-0.1, -0.05) is 12.1 Å². The molecule has 1 aliphatic heterocycles. The molecular weight excluding hydrogens is 392 g/mol. The van der Waals surface area contributed by atoms with Crippen LogP contribution in [0.2, 0.25) is 0 Å². The summed E-state index contributed by atoms with van der Waals surface area (Å²) in [5.41, 5.74) is 3.70. The molecule has 31 heavy (non-hydrogen) atoms. The van der Waals surface area contributed by atoms with Crippen LogP contribution in [0.25, 0.3) is 0 Å². The fourth-order valence-corrected chi connectivity index (χ4v) is 3.29. The maximum atomic E-state index is 12.8. The molecule has 1 aliphatic rings. The quantitative estimate of drug-likeness (QED) is 0.527. The largest absolute Gasteiger partial charge is 0.494 e. The summed E-state index contributed by atoms with van der Waals surface area (Å²) in [6.07, 6.45) is 0. The van der Waals surface area contributed by atoms with Gasteiger partial charge in [-0.25, -0.2) is 0 Å². The number of rotatable bonds is 7. The van der Waals surface area contributed by atoms with E-state index in [0.717, 1.165) is 55.4 Å². The minimum absolute atomic E-state index is 0.217. The number of nitrogens with zero attached hydrogens (tertiary/aromatic N) is 2. The Morgan fingerprint density at radius 3 is 2.58 bits per heavy atom. The first-order valence-corrected chi connectivity index (χ1v) is 10.8. The van der Waals surface area contributed by atoms with Crippen LogP contribution in [0.5, 0.6) is 5.75 Å². The van der Waals surface area contributed by atoms with Gasteiger partial charge in [-0.15, -0.1) is 0 Å². The third-order valence-corrected chi connectivity index (χ3v) is 5.10. The Labute approximate surface area is 184 Å². The van der Waals surface area contributed by atoms with E-state index in [0.29, 0.717) is 24.7 Å². The molecular formula is C24H32N4O3. The summed E-state index contributed by atoms with van der Waals surface area (Å²) in [5.74, 6) is 0.971. The number of carbonyl (C=O) groups is 1. The summed E-state index contributed by atoms with van der Waals surface area (Å²) in [6, 6.07) is 13.3. The minimum Gasteiger partial charge on any atom is -0.494 e. The van der Waals surface area contributed by atoms with Crippen molar-refractivity contribution in [2.24, 2.45) is 4.99 Å². The van der Waals surface area contributed by atoms with Crippen molar-refractivity contribution in [2.75, 3.05) is 51.3 Å². The smallest absolute Gasteiger partial charge is 0.257 e. The number of ether oxygens (including phenoxy) is 2. The highest BCUT2D eigenvalue weighted by atomic mass is 16.5. The maximum Gasteiger partial charge on any atom is 0.257 e. The Bertz CT molecular complexity index is 890. The molecule has 3 rings (SSSR count). The van der Waals surface area contributed by atoms with Crippen molar-refractivity contribution in [1.29, 1.82) is 0 Å². The molecule has 0 atom stereocenters. The second kappa shape index (κ2) is 11.5. The number of anilines is 1. The number of morpholine rings is 1. The lowest BCUT2D eigenvalue weighted by Gasteiger charge is -2.25. The van der Waals surface area contributed by atoms with Crippen molar-refractivity contribution >= 4 is 17.6 Å². The van der Waals surface area contributed by atoms with Crippen LogP contribution in [0, 0.1) is 13.8 Å². The van der Waals surface area contributed by atoms with Gasteiger partial charge >= 0.3 is 0 Å². The minimum atomic E-state index is -0.217. The van der Waals surface area contributed by atoms with Crippen molar-refractivity contribution in [3.05, 3.63) is 59.2 Å². The van der Waals surface area contributed by atoms with Gasteiger partial charge in [0.25, 0.3) is 5.91 Å². The highest BCUT2D eigenvalue weighted by molar-refractivity contribution is 6.10. The van der Waals surface area contributed by atoms with Crippen molar-refractivity contribution in [1.82, 2.24) is 10.2 Å². The van der Waals surface area contributed by atoms with E-state index < -0.39 is 0 Å².